The van der Waals surface area contributed by atoms with Gasteiger partial charge < -0.3 is 18.6 Å². The quantitative estimate of drug-likeness (QED) is 0.0923. The molecule has 0 fully saturated rings. The zero-order valence-electron chi connectivity index (χ0n) is 33.9. The van der Waals surface area contributed by atoms with E-state index in [1.807, 2.05) is 27.7 Å². The lowest BCUT2D eigenvalue weighted by atomic mass is 9.95. The second-order valence-electron chi connectivity index (χ2n) is 15.2. The SMILES string of the molecule is CCC(CC)C(=O)OC(Cc1ccc(CC(OC(=O)C(CC)CC)c2ccc3c(c2)c2ccccc2n3CC)cc1)c1ccc2c(c1)c1ccccc1n2CC. The van der Waals surface area contributed by atoms with Crippen molar-refractivity contribution in [3.63, 3.8) is 0 Å². The second kappa shape index (κ2) is 17.2. The van der Waals surface area contributed by atoms with Gasteiger partial charge in [0.2, 0.25) is 0 Å². The highest BCUT2D eigenvalue weighted by molar-refractivity contribution is 6.09. The molecule has 0 radical (unpaired) electrons. The zero-order valence-corrected chi connectivity index (χ0v) is 33.9. The number of hydrogen-bond donors (Lipinski definition) is 0. The molecule has 2 atom stereocenters. The fourth-order valence-corrected chi connectivity index (χ4v) is 8.64. The van der Waals surface area contributed by atoms with E-state index in [1.54, 1.807) is 0 Å². The van der Waals surface area contributed by atoms with Gasteiger partial charge in [-0.15, -0.1) is 0 Å². The van der Waals surface area contributed by atoms with Crippen LogP contribution in [0.3, 0.4) is 0 Å². The van der Waals surface area contributed by atoms with Gasteiger partial charge in [0.15, 0.2) is 0 Å². The average Bonchev–Trinajstić information content (AvgIpc) is 3.73. The molecule has 56 heavy (non-hydrogen) atoms. The van der Waals surface area contributed by atoms with E-state index in [0.29, 0.717) is 12.8 Å². The Morgan fingerprint density at radius 3 is 1.18 bits per heavy atom. The van der Waals surface area contributed by atoms with Gasteiger partial charge in [-0.1, -0.05) is 100 Å². The van der Waals surface area contributed by atoms with E-state index in [9.17, 15) is 9.59 Å². The van der Waals surface area contributed by atoms with E-state index in [0.717, 1.165) is 61.0 Å². The van der Waals surface area contributed by atoms with Crippen LogP contribution in [0.2, 0.25) is 0 Å². The normalized spacial score (nSPS) is 13.0. The Kier molecular flexibility index (Phi) is 11.9. The molecule has 7 aromatic rings. The van der Waals surface area contributed by atoms with Crippen LogP contribution in [-0.4, -0.2) is 21.1 Å². The number of aromatic nitrogens is 2. The largest absolute Gasteiger partial charge is 0.457 e. The molecule has 7 rings (SSSR count). The average molecular weight is 749 g/mol. The topological polar surface area (TPSA) is 62.5 Å². The minimum atomic E-state index is -0.437. The number of para-hydroxylation sites is 2. The van der Waals surface area contributed by atoms with Crippen LogP contribution < -0.4 is 0 Å². The summed E-state index contributed by atoms with van der Waals surface area (Å²) in [5, 5.41) is 4.75. The molecule has 6 heteroatoms. The molecule has 2 heterocycles. The molecule has 0 saturated heterocycles. The van der Waals surface area contributed by atoms with Crippen molar-refractivity contribution in [3.05, 3.63) is 131 Å². The fraction of sp³-hybridized carbons (Fsp3) is 0.360. The summed E-state index contributed by atoms with van der Waals surface area (Å²) in [4.78, 5) is 27.0. The van der Waals surface area contributed by atoms with E-state index < -0.39 is 12.2 Å². The highest BCUT2D eigenvalue weighted by Crippen LogP contribution is 2.36. The lowest BCUT2D eigenvalue weighted by Gasteiger charge is -2.23. The van der Waals surface area contributed by atoms with Crippen LogP contribution in [0.15, 0.2) is 109 Å². The molecule has 0 bridgehead atoms. The molecule has 0 aliphatic carbocycles. The molecule has 2 aromatic heterocycles. The molecule has 0 saturated carbocycles. The molecule has 0 spiro atoms. The molecule has 290 valence electrons. The third-order valence-corrected chi connectivity index (χ3v) is 12.0. The molecule has 0 amide bonds. The van der Waals surface area contributed by atoms with Crippen molar-refractivity contribution < 1.29 is 19.1 Å². The van der Waals surface area contributed by atoms with Crippen LogP contribution in [0.25, 0.3) is 43.6 Å². The Balaban J connectivity index is 1.20. The smallest absolute Gasteiger partial charge is 0.309 e. The first-order valence-corrected chi connectivity index (χ1v) is 20.8. The van der Waals surface area contributed by atoms with Crippen molar-refractivity contribution >= 4 is 55.6 Å². The van der Waals surface area contributed by atoms with Crippen molar-refractivity contribution in [3.8, 4) is 0 Å². The van der Waals surface area contributed by atoms with Crippen LogP contribution in [-0.2, 0) is 45.0 Å². The minimum absolute atomic E-state index is 0.136. The summed E-state index contributed by atoms with van der Waals surface area (Å²) in [6, 6.07) is 38.6. The third kappa shape index (κ3) is 7.58. The maximum Gasteiger partial charge on any atom is 0.309 e. The molecule has 0 aliphatic heterocycles. The van der Waals surface area contributed by atoms with E-state index in [2.05, 4.69) is 132 Å². The summed E-state index contributed by atoms with van der Waals surface area (Å²) in [5.41, 5.74) is 8.92. The van der Waals surface area contributed by atoms with Gasteiger partial charge in [0.25, 0.3) is 0 Å². The summed E-state index contributed by atoms with van der Waals surface area (Å²) in [6.45, 7) is 14.3. The molecule has 6 nitrogen and oxygen atoms in total. The van der Waals surface area contributed by atoms with Crippen LogP contribution >= 0.6 is 0 Å². The Hall–Kier alpha value is -5.36. The second-order valence-corrected chi connectivity index (χ2v) is 15.2. The Morgan fingerprint density at radius 1 is 0.464 bits per heavy atom. The van der Waals surface area contributed by atoms with E-state index >= 15 is 0 Å². The van der Waals surface area contributed by atoms with Crippen LogP contribution in [0.1, 0.15) is 102 Å². The fourth-order valence-electron chi connectivity index (χ4n) is 8.64. The van der Waals surface area contributed by atoms with Gasteiger partial charge in [-0.25, -0.2) is 0 Å². The third-order valence-electron chi connectivity index (χ3n) is 12.0. The number of esters is 2. The lowest BCUT2D eigenvalue weighted by Crippen LogP contribution is -2.21. The summed E-state index contributed by atoms with van der Waals surface area (Å²) >= 11 is 0. The predicted molar refractivity (Wildman–Crippen MR) is 230 cm³/mol. The van der Waals surface area contributed by atoms with Gasteiger partial charge in [0, 0.05) is 69.5 Å². The first-order chi connectivity index (χ1) is 27.3. The first kappa shape index (κ1) is 38.9. The van der Waals surface area contributed by atoms with E-state index in [1.165, 1.54) is 43.6 Å². The number of carbonyl (C=O) groups is 2. The highest BCUT2D eigenvalue weighted by atomic mass is 16.5. The van der Waals surface area contributed by atoms with Gasteiger partial charge in [0.1, 0.15) is 12.2 Å². The van der Waals surface area contributed by atoms with Gasteiger partial charge >= 0.3 is 11.9 Å². The number of aryl methyl sites for hydroxylation is 2. The molecule has 0 aliphatic rings. The van der Waals surface area contributed by atoms with Crippen molar-refractivity contribution in [2.75, 3.05) is 0 Å². The highest BCUT2D eigenvalue weighted by Gasteiger charge is 2.26. The van der Waals surface area contributed by atoms with E-state index in [-0.39, 0.29) is 23.8 Å². The Bertz CT molecular complexity index is 2290. The van der Waals surface area contributed by atoms with Gasteiger partial charge in [-0.3, -0.25) is 9.59 Å². The maximum atomic E-state index is 13.5. The summed E-state index contributed by atoms with van der Waals surface area (Å²) in [7, 11) is 0. The monoisotopic (exact) mass is 748 g/mol. The Labute approximate surface area is 331 Å². The van der Waals surface area contributed by atoms with Crippen molar-refractivity contribution in [1.29, 1.82) is 0 Å². The molecule has 5 aromatic carbocycles. The predicted octanol–water partition coefficient (Wildman–Crippen LogP) is 12.5. The number of hydrogen-bond acceptors (Lipinski definition) is 4. The Morgan fingerprint density at radius 2 is 0.821 bits per heavy atom. The number of fused-ring (bicyclic) bond motifs is 6. The molecular formula is C50H56N2O4. The summed E-state index contributed by atoms with van der Waals surface area (Å²) in [5.74, 6) is -0.561. The zero-order chi connectivity index (χ0) is 39.3. The number of carbonyl (C=O) groups excluding carboxylic acids is 2. The number of benzene rings is 5. The maximum absolute atomic E-state index is 13.5. The lowest BCUT2D eigenvalue weighted by molar-refractivity contribution is -0.155. The number of nitrogens with zero attached hydrogens (tertiary/aromatic N) is 2. The standard InChI is InChI=1S/C50H56N2O4/c1-7-35(8-2)49(53)55-47(37-25-27-45-41(31-37)39-17-13-15-19-43(39)51(45)11-5)29-33-21-23-34(24-22-33)30-48(56-50(54)36(9-3)10-4)38-26-28-46-42(32-38)40-18-14-16-20-44(40)52(46)12-6/h13-28,31-32,35-36,47-48H,7-12,29-30H2,1-6H3. The number of rotatable bonds is 16. The summed E-state index contributed by atoms with van der Waals surface area (Å²) in [6.07, 6.45) is 3.21. The first-order valence-electron chi connectivity index (χ1n) is 20.8. The number of ether oxygens (including phenoxy) is 2. The molecular weight excluding hydrogens is 693 g/mol. The van der Waals surface area contributed by atoms with E-state index in [4.69, 9.17) is 9.47 Å². The van der Waals surface area contributed by atoms with Crippen molar-refractivity contribution in [2.45, 2.75) is 105 Å². The van der Waals surface area contributed by atoms with Crippen molar-refractivity contribution in [1.82, 2.24) is 9.13 Å². The van der Waals surface area contributed by atoms with Crippen LogP contribution in [0.4, 0.5) is 0 Å². The summed E-state index contributed by atoms with van der Waals surface area (Å²) < 4.78 is 17.5. The van der Waals surface area contributed by atoms with Crippen molar-refractivity contribution in [2.24, 2.45) is 11.8 Å². The minimum Gasteiger partial charge on any atom is -0.457 e. The van der Waals surface area contributed by atoms with Gasteiger partial charge in [0.05, 0.1) is 11.8 Å². The van der Waals surface area contributed by atoms with Gasteiger partial charge in [-0.2, -0.15) is 0 Å². The van der Waals surface area contributed by atoms with Gasteiger partial charge in [-0.05, 0) is 98.2 Å². The molecule has 0 N–H and O–H groups in total. The molecule has 2 unspecified atom stereocenters. The van der Waals surface area contributed by atoms with Crippen LogP contribution in [0, 0.1) is 11.8 Å². The van der Waals surface area contributed by atoms with Crippen LogP contribution in [0.5, 0.6) is 0 Å².